The third kappa shape index (κ3) is 4.93. The Morgan fingerprint density at radius 2 is 1.97 bits per heavy atom. The Kier molecular flexibility index (Phi) is 6.91. The lowest BCUT2D eigenvalue weighted by molar-refractivity contribution is -0.149. The average molecular weight is 462 g/mol. The fraction of sp³-hybridized carbons (Fsp3) is 0.280. The maximum absolute atomic E-state index is 13.3. The van der Waals surface area contributed by atoms with Gasteiger partial charge in [-0.3, -0.25) is 9.59 Å². The maximum atomic E-state index is 13.3. The fourth-order valence-corrected chi connectivity index (χ4v) is 3.98. The zero-order chi connectivity index (χ0) is 24.1. The molecule has 0 aliphatic carbocycles. The number of rotatable bonds is 7. The van der Waals surface area contributed by atoms with Crippen LogP contribution in [-0.4, -0.2) is 47.0 Å². The second-order valence-electron chi connectivity index (χ2n) is 8.01. The van der Waals surface area contributed by atoms with Gasteiger partial charge in [0.05, 0.1) is 6.61 Å². The third-order valence-corrected chi connectivity index (χ3v) is 5.85. The predicted molar refractivity (Wildman–Crippen MR) is 127 cm³/mol. The number of ether oxygens (including phenoxy) is 1. The molecule has 0 spiro atoms. The van der Waals surface area contributed by atoms with E-state index in [1.807, 2.05) is 30.3 Å². The molecular formula is C25H27N5O4. The van der Waals surface area contributed by atoms with Crippen molar-refractivity contribution in [2.24, 2.45) is 0 Å². The van der Waals surface area contributed by atoms with Gasteiger partial charge in [-0.25, -0.2) is 9.78 Å². The van der Waals surface area contributed by atoms with E-state index in [0.29, 0.717) is 30.9 Å². The van der Waals surface area contributed by atoms with Crippen molar-refractivity contribution < 1.29 is 19.1 Å². The van der Waals surface area contributed by atoms with E-state index in [1.54, 1.807) is 37.4 Å². The third-order valence-electron chi connectivity index (χ3n) is 5.85. The molecule has 1 aromatic heterocycles. The first-order valence-corrected chi connectivity index (χ1v) is 11.2. The highest BCUT2D eigenvalue weighted by Gasteiger charge is 2.41. The topological polar surface area (TPSA) is 127 Å². The van der Waals surface area contributed by atoms with Gasteiger partial charge in [-0.05, 0) is 42.0 Å². The standard InChI is InChI=1S/C25H27N5O4/c1-2-34-25(33)29-21(17-6-4-3-5-7-17)24(32)30-13-11-20(30)23(31)28-15-16-8-9-19-18(14-16)10-12-27-22(19)26/h3-10,12,14,20-21H,2,11,13,15H2,1H3,(H2,26,27)(H,28,31)(H,29,33). The molecule has 2 unspecified atom stereocenters. The van der Waals surface area contributed by atoms with Gasteiger partial charge in [-0.1, -0.05) is 42.5 Å². The molecule has 2 heterocycles. The van der Waals surface area contributed by atoms with Gasteiger partial charge in [-0.15, -0.1) is 0 Å². The zero-order valence-electron chi connectivity index (χ0n) is 18.9. The van der Waals surface area contributed by atoms with Crippen LogP contribution in [-0.2, 0) is 20.9 Å². The number of anilines is 1. The molecule has 3 amide bonds. The van der Waals surface area contributed by atoms with Crippen LogP contribution in [0, 0.1) is 0 Å². The summed E-state index contributed by atoms with van der Waals surface area (Å²) in [5.74, 6) is -0.127. The molecule has 2 aromatic carbocycles. The molecule has 1 saturated heterocycles. The molecule has 9 heteroatoms. The second kappa shape index (κ2) is 10.2. The van der Waals surface area contributed by atoms with Crippen molar-refractivity contribution in [1.29, 1.82) is 0 Å². The van der Waals surface area contributed by atoms with Gasteiger partial charge in [0.2, 0.25) is 5.91 Å². The molecule has 2 atom stereocenters. The van der Waals surface area contributed by atoms with E-state index >= 15 is 0 Å². The molecule has 0 saturated carbocycles. The molecule has 0 radical (unpaired) electrons. The minimum Gasteiger partial charge on any atom is -0.450 e. The molecule has 0 bridgehead atoms. The Balaban J connectivity index is 1.42. The van der Waals surface area contributed by atoms with Crippen LogP contribution >= 0.6 is 0 Å². The van der Waals surface area contributed by atoms with Gasteiger partial charge in [0.1, 0.15) is 17.9 Å². The van der Waals surface area contributed by atoms with Crippen molar-refractivity contribution in [1.82, 2.24) is 20.5 Å². The highest BCUT2D eigenvalue weighted by Crippen LogP contribution is 2.25. The number of pyridine rings is 1. The van der Waals surface area contributed by atoms with Crippen molar-refractivity contribution >= 4 is 34.5 Å². The predicted octanol–water partition coefficient (Wildman–Crippen LogP) is 2.52. The zero-order valence-corrected chi connectivity index (χ0v) is 18.9. The minimum absolute atomic E-state index is 0.189. The lowest BCUT2D eigenvalue weighted by Crippen LogP contribution is -2.60. The van der Waals surface area contributed by atoms with Crippen LogP contribution in [0.5, 0.6) is 0 Å². The van der Waals surface area contributed by atoms with E-state index in [-0.39, 0.29) is 18.4 Å². The average Bonchev–Trinajstić information content (AvgIpc) is 2.81. The SMILES string of the molecule is CCOC(=O)NC(C(=O)N1CCC1C(=O)NCc1ccc2c(N)nccc2c1)c1ccccc1. The van der Waals surface area contributed by atoms with E-state index in [4.69, 9.17) is 10.5 Å². The number of benzene rings is 2. The molecule has 1 aliphatic rings. The molecular weight excluding hydrogens is 434 g/mol. The van der Waals surface area contributed by atoms with Crippen molar-refractivity contribution in [2.45, 2.75) is 32.0 Å². The second-order valence-corrected chi connectivity index (χ2v) is 8.01. The summed E-state index contributed by atoms with van der Waals surface area (Å²) in [6.07, 6.45) is 1.52. The van der Waals surface area contributed by atoms with Crippen molar-refractivity contribution in [2.75, 3.05) is 18.9 Å². The number of hydrogen-bond acceptors (Lipinski definition) is 6. The van der Waals surface area contributed by atoms with Gasteiger partial charge in [0.15, 0.2) is 0 Å². The Morgan fingerprint density at radius 3 is 2.68 bits per heavy atom. The highest BCUT2D eigenvalue weighted by molar-refractivity contribution is 5.94. The largest absolute Gasteiger partial charge is 0.450 e. The van der Waals surface area contributed by atoms with E-state index in [2.05, 4.69) is 15.6 Å². The summed E-state index contributed by atoms with van der Waals surface area (Å²) in [7, 11) is 0. The first-order chi connectivity index (χ1) is 16.5. The van der Waals surface area contributed by atoms with E-state index in [9.17, 15) is 14.4 Å². The summed E-state index contributed by atoms with van der Waals surface area (Å²) in [5.41, 5.74) is 7.43. The number of aromatic nitrogens is 1. The summed E-state index contributed by atoms with van der Waals surface area (Å²) >= 11 is 0. The number of carbonyl (C=O) groups excluding carboxylic acids is 3. The fourth-order valence-electron chi connectivity index (χ4n) is 3.98. The van der Waals surface area contributed by atoms with Crippen LogP contribution in [0.4, 0.5) is 10.6 Å². The lowest BCUT2D eigenvalue weighted by Gasteiger charge is -2.41. The van der Waals surface area contributed by atoms with Crippen LogP contribution in [0.1, 0.15) is 30.5 Å². The molecule has 4 N–H and O–H groups in total. The van der Waals surface area contributed by atoms with E-state index < -0.39 is 18.2 Å². The Morgan fingerprint density at radius 1 is 1.18 bits per heavy atom. The lowest BCUT2D eigenvalue weighted by atomic mass is 9.97. The van der Waals surface area contributed by atoms with Crippen molar-refractivity contribution in [3.05, 3.63) is 71.9 Å². The molecule has 3 aromatic rings. The summed E-state index contributed by atoms with van der Waals surface area (Å²) in [6.45, 7) is 2.63. The first kappa shape index (κ1) is 23.0. The Labute approximate surface area is 197 Å². The molecule has 176 valence electrons. The van der Waals surface area contributed by atoms with Gasteiger partial charge < -0.3 is 26.0 Å². The number of nitrogens with two attached hydrogens (primary N) is 1. The number of nitrogen functional groups attached to an aromatic ring is 1. The van der Waals surface area contributed by atoms with Crippen LogP contribution in [0.2, 0.25) is 0 Å². The van der Waals surface area contributed by atoms with E-state index in [1.165, 1.54) is 4.90 Å². The minimum atomic E-state index is -0.935. The summed E-state index contributed by atoms with van der Waals surface area (Å²) in [4.78, 5) is 43.8. The Bertz CT molecular complexity index is 1200. The molecule has 4 rings (SSSR count). The van der Waals surface area contributed by atoms with Gasteiger partial charge in [0, 0.05) is 24.7 Å². The summed E-state index contributed by atoms with van der Waals surface area (Å²) < 4.78 is 4.96. The number of carbonyl (C=O) groups is 3. The van der Waals surface area contributed by atoms with E-state index in [0.717, 1.165) is 16.3 Å². The number of fused-ring (bicyclic) bond motifs is 1. The van der Waals surface area contributed by atoms with Gasteiger partial charge in [0.25, 0.3) is 5.91 Å². The summed E-state index contributed by atoms with van der Waals surface area (Å²) in [6, 6.07) is 15.0. The van der Waals surface area contributed by atoms with Gasteiger partial charge >= 0.3 is 6.09 Å². The van der Waals surface area contributed by atoms with Gasteiger partial charge in [-0.2, -0.15) is 0 Å². The molecule has 1 aliphatic heterocycles. The molecule has 1 fully saturated rings. The smallest absolute Gasteiger partial charge is 0.408 e. The normalized spacial score (nSPS) is 15.8. The maximum Gasteiger partial charge on any atom is 0.408 e. The number of alkyl carbamates (subject to hydrolysis) is 1. The van der Waals surface area contributed by atoms with Crippen molar-refractivity contribution in [3.8, 4) is 0 Å². The number of amides is 3. The molecule has 34 heavy (non-hydrogen) atoms. The van der Waals surface area contributed by atoms with Crippen LogP contribution in [0.25, 0.3) is 10.8 Å². The van der Waals surface area contributed by atoms with Crippen LogP contribution in [0.15, 0.2) is 60.8 Å². The quantitative estimate of drug-likeness (QED) is 0.496. The van der Waals surface area contributed by atoms with Crippen molar-refractivity contribution in [3.63, 3.8) is 0 Å². The first-order valence-electron chi connectivity index (χ1n) is 11.2. The highest BCUT2D eigenvalue weighted by atomic mass is 16.5. The molecule has 9 nitrogen and oxygen atoms in total. The number of likely N-dealkylation sites (tertiary alicyclic amines) is 1. The number of nitrogens with zero attached hydrogens (tertiary/aromatic N) is 2. The van der Waals surface area contributed by atoms with Crippen LogP contribution in [0.3, 0.4) is 0 Å². The Hall–Kier alpha value is -4.14. The number of hydrogen-bond donors (Lipinski definition) is 3. The van der Waals surface area contributed by atoms with Crippen LogP contribution < -0.4 is 16.4 Å². The monoisotopic (exact) mass is 461 g/mol. The number of nitrogens with one attached hydrogen (secondary N) is 2. The summed E-state index contributed by atoms with van der Waals surface area (Å²) in [5, 5.41) is 7.33.